The molecule has 1 unspecified atom stereocenters. The topological polar surface area (TPSA) is 82.7 Å². The van der Waals surface area contributed by atoms with E-state index < -0.39 is 12.5 Å². The number of rotatable bonds is 4. The van der Waals surface area contributed by atoms with Gasteiger partial charge in [0.2, 0.25) is 0 Å². The summed E-state index contributed by atoms with van der Waals surface area (Å²) in [6.07, 6.45) is 0. The van der Waals surface area contributed by atoms with Gasteiger partial charge in [0.15, 0.2) is 11.8 Å². The molecule has 0 bridgehead atoms. The summed E-state index contributed by atoms with van der Waals surface area (Å²) in [6.45, 7) is 3.10. The van der Waals surface area contributed by atoms with E-state index in [9.17, 15) is 15.0 Å². The molecule has 20 heavy (non-hydrogen) atoms. The van der Waals surface area contributed by atoms with Crippen LogP contribution in [-0.4, -0.2) is 25.9 Å². The molecule has 0 aliphatic rings. The Bertz CT molecular complexity index is 631. The number of carboxylic acids is 1. The molecule has 0 fully saturated rings. The largest absolute Gasteiger partial charge is 0.494 e. The van der Waals surface area contributed by atoms with Crippen molar-refractivity contribution in [1.82, 2.24) is 4.57 Å². The minimum atomic E-state index is -1.12. The summed E-state index contributed by atoms with van der Waals surface area (Å²) in [5.74, 6) is -1.66. The van der Waals surface area contributed by atoms with Crippen LogP contribution in [0.1, 0.15) is 29.5 Å². The molecular weight excluding hydrogens is 258 g/mol. The van der Waals surface area contributed by atoms with Gasteiger partial charge in [0.25, 0.3) is 0 Å². The van der Waals surface area contributed by atoms with Gasteiger partial charge in [0.05, 0.1) is 0 Å². The zero-order chi connectivity index (χ0) is 14.9. The fraction of sp³-hybridized carbons (Fsp3) is 0.267. The molecule has 106 valence electrons. The maximum atomic E-state index is 10.8. The van der Waals surface area contributed by atoms with Crippen molar-refractivity contribution in [3.8, 4) is 11.8 Å². The predicted octanol–water partition coefficient (Wildman–Crippen LogP) is 2.44. The first-order chi connectivity index (χ1) is 9.43. The van der Waals surface area contributed by atoms with Crippen LogP contribution in [-0.2, 0) is 11.3 Å². The van der Waals surface area contributed by atoms with Crippen molar-refractivity contribution in [2.24, 2.45) is 0 Å². The van der Waals surface area contributed by atoms with Gasteiger partial charge in [0.1, 0.15) is 6.54 Å². The molecule has 1 aromatic carbocycles. The molecule has 1 atom stereocenters. The van der Waals surface area contributed by atoms with E-state index in [1.165, 1.54) is 0 Å². The molecule has 1 heterocycles. The monoisotopic (exact) mass is 275 g/mol. The fourth-order valence-corrected chi connectivity index (χ4v) is 2.45. The second kappa shape index (κ2) is 5.28. The van der Waals surface area contributed by atoms with Crippen LogP contribution < -0.4 is 0 Å². The Morgan fingerprint density at radius 1 is 1.20 bits per heavy atom. The van der Waals surface area contributed by atoms with Gasteiger partial charge >= 0.3 is 5.97 Å². The van der Waals surface area contributed by atoms with Crippen molar-refractivity contribution in [3.63, 3.8) is 0 Å². The quantitative estimate of drug-likeness (QED) is 0.800. The number of carboxylic acid groups (broad SMARTS) is 1. The lowest BCUT2D eigenvalue weighted by molar-refractivity contribution is -0.137. The van der Waals surface area contributed by atoms with Crippen molar-refractivity contribution < 1.29 is 20.1 Å². The summed E-state index contributed by atoms with van der Waals surface area (Å²) in [5, 5.41) is 29.0. The van der Waals surface area contributed by atoms with Crippen LogP contribution >= 0.6 is 0 Å². The van der Waals surface area contributed by atoms with Gasteiger partial charge < -0.3 is 15.3 Å². The van der Waals surface area contributed by atoms with Crippen LogP contribution in [0.2, 0.25) is 0 Å². The van der Waals surface area contributed by atoms with E-state index in [0.717, 1.165) is 10.1 Å². The molecule has 1 aromatic heterocycles. The Morgan fingerprint density at radius 3 is 2.35 bits per heavy atom. The lowest BCUT2D eigenvalue weighted by Crippen LogP contribution is -2.08. The predicted molar refractivity (Wildman–Crippen MR) is 74.1 cm³/mol. The van der Waals surface area contributed by atoms with Gasteiger partial charge in [-0.1, -0.05) is 37.3 Å². The minimum Gasteiger partial charge on any atom is -0.494 e. The molecule has 0 saturated carbocycles. The van der Waals surface area contributed by atoms with Gasteiger partial charge in [0, 0.05) is 17.0 Å². The number of aromatic hydroxyl groups is 2. The Balaban J connectivity index is 2.50. The average Bonchev–Trinajstić information content (AvgIpc) is 2.63. The first kappa shape index (κ1) is 14.0. The van der Waals surface area contributed by atoms with E-state index >= 15 is 0 Å². The molecule has 5 nitrogen and oxygen atoms in total. The van der Waals surface area contributed by atoms with Gasteiger partial charge in [-0.2, -0.15) is 0 Å². The summed E-state index contributed by atoms with van der Waals surface area (Å²) in [6, 6.07) is 9.54. The van der Waals surface area contributed by atoms with Crippen LogP contribution in [0.3, 0.4) is 0 Å². The summed E-state index contributed by atoms with van der Waals surface area (Å²) in [4.78, 5) is 10.8. The molecule has 0 aliphatic carbocycles. The zero-order valence-corrected chi connectivity index (χ0v) is 11.4. The van der Waals surface area contributed by atoms with Crippen molar-refractivity contribution in [3.05, 3.63) is 47.0 Å². The smallest absolute Gasteiger partial charge is 0.323 e. The van der Waals surface area contributed by atoms with Crippen LogP contribution in [0.15, 0.2) is 30.3 Å². The van der Waals surface area contributed by atoms with E-state index in [2.05, 4.69) is 0 Å². The molecule has 0 spiro atoms. The maximum Gasteiger partial charge on any atom is 0.323 e. The molecule has 3 N–H and O–H groups in total. The number of hydrogen-bond acceptors (Lipinski definition) is 3. The second-order valence-electron chi connectivity index (χ2n) is 4.80. The number of carbonyl (C=O) groups is 1. The standard InChI is InChI=1S/C15H17NO4/c1-9(11-6-4-3-5-7-11)13-10(2)14(19)16(15(13)20)8-12(17)18/h3-7,9,19-20H,8H2,1-2H3,(H,17,18). The number of nitrogens with zero attached hydrogens (tertiary/aromatic N) is 1. The second-order valence-corrected chi connectivity index (χ2v) is 4.80. The molecule has 0 amide bonds. The number of hydrogen-bond donors (Lipinski definition) is 3. The lowest BCUT2D eigenvalue weighted by Gasteiger charge is -2.12. The van der Waals surface area contributed by atoms with Crippen molar-refractivity contribution >= 4 is 5.97 Å². The zero-order valence-electron chi connectivity index (χ0n) is 11.4. The summed E-state index contributed by atoms with van der Waals surface area (Å²) in [5.41, 5.74) is 2.04. The van der Waals surface area contributed by atoms with Gasteiger partial charge in [-0.05, 0) is 12.5 Å². The Hall–Kier alpha value is -2.43. The molecule has 0 saturated heterocycles. The van der Waals surface area contributed by atoms with E-state index in [1.54, 1.807) is 6.92 Å². The van der Waals surface area contributed by atoms with Crippen molar-refractivity contribution in [1.29, 1.82) is 0 Å². The number of aliphatic carboxylic acids is 1. The van der Waals surface area contributed by atoms with E-state index in [0.29, 0.717) is 11.1 Å². The van der Waals surface area contributed by atoms with Crippen molar-refractivity contribution in [2.45, 2.75) is 26.3 Å². The minimum absolute atomic E-state index is 0.142. The Kier molecular flexibility index (Phi) is 3.70. The molecular formula is C15H17NO4. The number of aromatic nitrogens is 1. The van der Waals surface area contributed by atoms with Crippen LogP contribution in [0.4, 0.5) is 0 Å². The molecule has 0 aliphatic heterocycles. The van der Waals surface area contributed by atoms with Gasteiger partial charge in [-0.3, -0.25) is 9.36 Å². The third-order valence-corrected chi connectivity index (χ3v) is 3.52. The highest BCUT2D eigenvalue weighted by atomic mass is 16.4. The SMILES string of the molecule is Cc1c(C(C)c2ccccc2)c(O)n(CC(=O)O)c1O. The Labute approximate surface area is 116 Å². The third-order valence-electron chi connectivity index (χ3n) is 3.52. The van der Waals surface area contributed by atoms with Crippen LogP contribution in [0.5, 0.6) is 11.8 Å². The third kappa shape index (κ3) is 2.34. The van der Waals surface area contributed by atoms with E-state index in [4.69, 9.17) is 5.11 Å². The highest BCUT2D eigenvalue weighted by Crippen LogP contribution is 2.40. The van der Waals surface area contributed by atoms with Crippen molar-refractivity contribution in [2.75, 3.05) is 0 Å². The normalized spacial score (nSPS) is 12.3. The van der Waals surface area contributed by atoms with Crippen LogP contribution in [0.25, 0.3) is 0 Å². The highest BCUT2D eigenvalue weighted by molar-refractivity contribution is 5.68. The van der Waals surface area contributed by atoms with E-state index in [1.807, 2.05) is 37.3 Å². The van der Waals surface area contributed by atoms with Crippen LogP contribution in [0, 0.1) is 6.92 Å². The Morgan fingerprint density at radius 2 is 1.80 bits per heavy atom. The molecule has 2 aromatic rings. The first-order valence-corrected chi connectivity index (χ1v) is 6.31. The molecule has 5 heteroatoms. The number of benzene rings is 1. The summed E-state index contributed by atoms with van der Waals surface area (Å²) in [7, 11) is 0. The maximum absolute atomic E-state index is 10.8. The summed E-state index contributed by atoms with van der Waals surface area (Å²) < 4.78 is 1.01. The van der Waals surface area contributed by atoms with E-state index in [-0.39, 0.29) is 17.7 Å². The van der Waals surface area contributed by atoms with Gasteiger partial charge in [-0.15, -0.1) is 0 Å². The lowest BCUT2D eigenvalue weighted by atomic mass is 9.92. The molecule has 2 rings (SSSR count). The highest BCUT2D eigenvalue weighted by Gasteiger charge is 2.25. The first-order valence-electron chi connectivity index (χ1n) is 6.31. The molecule has 0 radical (unpaired) electrons. The fourth-order valence-electron chi connectivity index (χ4n) is 2.45. The van der Waals surface area contributed by atoms with Gasteiger partial charge in [-0.25, -0.2) is 0 Å². The summed E-state index contributed by atoms with van der Waals surface area (Å²) >= 11 is 0. The average molecular weight is 275 g/mol.